The summed E-state index contributed by atoms with van der Waals surface area (Å²) in [5.41, 5.74) is 10.4. The predicted molar refractivity (Wildman–Crippen MR) is 85.9 cm³/mol. The summed E-state index contributed by atoms with van der Waals surface area (Å²) < 4.78 is 2.03. The molecule has 0 saturated heterocycles. The van der Waals surface area contributed by atoms with Crippen molar-refractivity contribution in [2.75, 3.05) is 5.73 Å². The van der Waals surface area contributed by atoms with Gasteiger partial charge in [0.2, 0.25) is 0 Å². The number of anilines is 1. The Bertz CT molecular complexity index is 969. The molecule has 4 rings (SSSR count). The van der Waals surface area contributed by atoms with Crippen LogP contribution in [0.25, 0.3) is 33.5 Å². The fourth-order valence-corrected chi connectivity index (χ4v) is 2.63. The maximum atomic E-state index is 5.86. The fourth-order valence-electron chi connectivity index (χ4n) is 2.63. The summed E-state index contributed by atoms with van der Waals surface area (Å²) in [7, 11) is 1.99. The van der Waals surface area contributed by atoms with E-state index in [-0.39, 0.29) is 0 Å². The minimum Gasteiger partial charge on any atom is -0.399 e. The summed E-state index contributed by atoms with van der Waals surface area (Å²) in [4.78, 5) is 9.38. The predicted octanol–water partition coefficient (Wildman–Crippen LogP) is 3.37. The maximum absolute atomic E-state index is 5.86. The van der Waals surface area contributed by atoms with Gasteiger partial charge in [0.25, 0.3) is 0 Å². The fraction of sp³-hybridized carbons (Fsp3) is 0.0588. The molecule has 102 valence electrons. The highest BCUT2D eigenvalue weighted by molar-refractivity contribution is 5.85. The second-order valence-corrected chi connectivity index (χ2v) is 5.13. The van der Waals surface area contributed by atoms with Gasteiger partial charge in [0, 0.05) is 18.1 Å². The molecule has 0 aliphatic heterocycles. The quantitative estimate of drug-likeness (QED) is 0.541. The average molecular weight is 274 g/mol. The van der Waals surface area contributed by atoms with Crippen LogP contribution in [-0.2, 0) is 7.05 Å². The number of rotatable bonds is 1. The summed E-state index contributed by atoms with van der Waals surface area (Å²) >= 11 is 0. The second kappa shape index (κ2) is 4.31. The monoisotopic (exact) mass is 274 g/mol. The van der Waals surface area contributed by atoms with E-state index in [1.807, 2.05) is 54.1 Å². The van der Waals surface area contributed by atoms with E-state index in [1.54, 1.807) is 0 Å². The van der Waals surface area contributed by atoms with E-state index in [0.717, 1.165) is 39.1 Å². The molecule has 0 unspecified atom stereocenters. The molecule has 0 spiro atoms. The minimum atomic E-state index is 0.739. The Morgan fingerprint density at radius 3 is 2.67 bits per heavy atom. The number of nitrogens with two attached hydrogens (primary N) is 1. The first kappa shape index (κ1) is 11.9. The molecule has 21 heavy (non-hydrogen) atoms. The lowest BCUT2D eigenvalue weighted by molar-refractivity contribution is 0.952. The number of benzene rings is 2. The standard InChI is InChI=1S/C17H14N4/c1-21-16-10-12(18)7-9-14(16)20-17(21)15-8-6-11-4-2-3-5-13(11)19-15/h2-10H,18H2,1H3. The van der Waals surface area contributed by atoms with Crippen LogP contribution in [-0.4, -0.2) is 14.5 Å². The molecule has 0 amide bonds. The molecule has 0 saturated carbocycles. The molecular formula is C17H14N4. The molecule has 2 N–H and O–H groups in total. The van der Waals surface area contributed by atoms with Gasteiger partial charge in [0.05, 0.1) is 16.6 Å². The topological polar surface area (TPSA) is 56.7 Å². The number of fused-ring (bicyclic) bond motifs is 2. The van der Waals surface area contributed by atoms with Crippen molar-refractivity contribution < 1.29 is 0 Å². The van der Waals surface area contributed by atoms with Crippen LogP contribution in [0.2, 0.25) is 0 Å². The molecule has 2 heterocycles. The van der Waals surface area contributed by atoms with Gasteiger partial charge in [0.15, 0.2) is 5.82 Å². The van der Waals surface area contributed by atoms with Crippen LogP contribution in [0.4, 0.5) is 5.69 Å². The Morgan fingerprint density at radius 2 is 1.76 bits per heavy atom. The zero-order valence-corrected chi connectivity index (χ0v) is 11.6. The van der Waals surface area contributed by atoms with Crippen LogP contribution in [0.3, 0.4) is 0 Å². The van der Waals surface area contributed by atoms with E-state index in [4.69, 9.17) is 10.7 Å². The minimum absolute atomic E-state index is 0.739. The van der Waals surface area contributed by atoms with Crippen molar-refractivity contribution in [1.29, 1.82) is 0 Å². The number of hydrogen-bond acceptors (Lipinski definition) is 3. The van der Waals surface area contributed by atoms with Gasteiger partial charge in [-0.1, -0.05) is 24.3 Å². The average Bonchev–Trinajstić information content (AvgIpc) is 2.84. The third kappa shape index (κ3) is 1.84. The Morgan fingerprint density at radius 1 is 0.905 bits per heavy atom. The van der Waals surface area contributed by atoms with Crippen molar-refractivity contribution in [1.82, 2.24) is 14.5 Å². The smallest absolute Gasteiger partial charge is 0.159 e. The molecule has 2 aromatic carbocycles. The van der Waals surface area contributed by atoms with Gasteiger partial charge >= 0.3 is 0 Å². The Labute approximate surface area is 121 Å². The van der Waals surface area contributed by atoms with Gasteiger partial charge in [-0.15, -0.1) is 0 Å². The molecule has 0 fully saturated rings. The van der Waals surface area contributed by atoms with E-state index >= 15 is 0 Å². The normalized spacial score (nSPS) is 11.3. The third-order valence-electron chi connectivity index (χ3n) is 3.73. The van der Waals surface area contributed by atoms with E-state index in [9.17, 15) is 0 Å². The van der Waals surface area contributed by atoms with Gasteiger partial charge in [-0.2, -0.15) is 0 Å². The van der Waals surface area contributed by atoms with Crippen LogP contribution in [0.5, 0.6) is 0 Å². The first-order valence-electron chi connectivity index (χ1n) is 6.80. The van der Waals surface area contributed by atoms with Crippen molar-refractivity contribution in [2.45, 2.75) is 0 Å². The van der Waals surface area contributed by atoms with Crippen LogP contribution in [0.1, 0.15) is 0 Å². The SMILES string of the molecule is Cn1c(-c2ccc3ccccc3n2)nc2ccc(N)cc21. The van der Waals surface area contributed by atoms with Crippen molar-refractivity contribution in [3.05, 3.63) is 54.6 Å². The lowest BCUT2D eigenvalue weighted by Gasteiger charge is -2.03. The zero-order chi connectivity index (χ0) is 14.4. The van der Waals surface area contributed by atoms with E-state index in [1.165, 1.54) is 0 Å². The molecule has 4 aromatic rings. The molecular weight excluding hydrogens is 260 g/mol. The number of pyridine rings is 1. The van der Waals surface area contributed by atoms with Gasteiger partial charge in [-0.25, -0.2) is 9.97 Å². The number of aryl methyl sites for hydroxylation is 1. The van der Waals surface area contributed by atoms with Crippen molar-refractivity contribution in [2.24, 2.45) is 7.05 Å². The van der Waals surface area contributed by atoms with Gasteiger partial charge in [-0.3, -0.25) is 0 Å². The molecule has 0 aliphatic carbocycles. The lowest BCUT2D eigenvalue weighted by atomic mass is 10.2. The Balaban J connectivity index is 1.97. The zero-order valence-electron chi connectivity index (χ0n) is 11.6. The summed E-state index contributed by atoms with van der Waals surface area (Å²) in [6, 6.07) is 17.9. The number of para-hydroxylation sites is 1. The van der Waals surface area contributed by atoms with Crippen molar-refractivity contribution >= 4 is 27.6 Å². The summed E-state index contributed by atoms with van der Waals surface area (Å²) in [6.45, 7) is 0. The summed E-state index contributed by atoms with van der Waals surface area (Å²) in [5.74, 6) is 0.848. The van der Waals surface area contributed by atoms with Crippen molar-refractivity contribution in [3.8, 4) is 11.5 Å². The highest BCUT2D eigenvalue weighted by Crippen LogP contribution is 2.25. The van der Waals surface area contributed by atoms with E-state index in [2.05, 4.69) is 17.1 Å². The number of nitrogen functional groups attached to an aromatic ring is 1. The second-order valence-electron chi connectivity index (χ2n) is 5.13. The molecule has 4 nitrogen and oxygen atoms in total. The molecule has 0 atom stereocenters. The third-order valence-corrected chi connectivity index (χ3v) is 3.73. The largest absolute Gasteiger partial charge is 0.399 e. The summed E-state index contributed by atoms with van der Waals surface area (Å²) in [6.07, 6.45) is 0. The van der Waals surface area contributed by atoms with Crippen LogP contribution < -0.4 is 5.73 Å². The summed E-state index contributed by atoms with van der Waals surface area (Å²) in [5, 5.41) is 1.13. The molecule has 4 heteroatoms. The molecule has 0 bridgehead atoms. The number of hydrogen-bond donors (Lipinski definition) is 1. The lowest BCUT2D eigenvalue weighted by Crippen LogP contribution is -1.95. The Kier molecular flexibility index (Phi) is 2.44. The molecule has 2 aromatic heterocycles. The highest BCUT2D eigenvalue weighted by Gasteiger charge is 2.11. The first-order chi connectivity index (χ1) is 10.2. The Hall–Kier alpha value is -2.88. The van der Waals surface area contributed by atoms with Crippen molar-refractivity contribution in [3.63, 3.8) is 0 Å². The van der Waals surface area contributed by atoms with E-state index < -0.39 is 0 Å². The highest BCUT2D eigenvalue weighted by atomic mass is 15.1. The van der Waals surface area contributed by atoms with Crippen LogP contribution in [0.15, 0.2) is 54.6 Å². The molecule has 0 radical (unpaired) electrons. The number of imidazole rings is 1. The number of nitrogens with zero attached hydrogens (tertiary/aromatic N) is 3. The van der Waals surface area contributed by atoms with Gasteiger partial charge in [-0.05, 0) is 30.3 Å². The van der Waals surface area contributed by atoms with Gasteiger partial charge < -0.3 is 10.3 Å². The van der Waals surface area contributed by atoms with Crippen LogP contribution in [0, 0.1) is 0 Å². The first-order valence-corrected chi connectivity index (χ1v) is 6.80. The maximum Gasteiger partial charge on any atom is 0.159 e. The number of aromatic nitrogens is 3. The van der Waals surface area contributed by atoms with E-state index in [0.29, 0.717) is 0 Å². The molecule has 0 aliphatic rings. The van der Waals surface area contributed by atoms with Gasteiger partial charge in [0.1, 0.15) is 5.69 Å². The van der Waals surface area contributed by atoms with Crippen LogP contribution >= 0.6 is 0 Å².